The van der Waals surface area contributed by atoms with Gasteiger partial charge in [-0.2, -0.15) is 0 Å². The maximum absolute atomic E-state index is 12.2. The van der Waals surface area contributed by atoms with Gasteiger partial charge in [-0.3, -0.25) is 0 Å². The van der Waals surface area contributed by atoms with Crippen molar-refractivity contribution < 1.29 is 24.3 Å². The Hall–Kier alpha value is -2.61. The smallest absolute Gasteiger partial charge is 0.407 e. The van der Waals surface area contributed by atoms with Gasteiger partial charge in [0.25, 0.3) is 0 Å². The first-order valence-electron chi connectivity index (χ1n) is 8.92. The molecule has 1 aliphatic rings. The number of aliphatic hydroxyl groups excluding tert-OH is 1. The lowest BCUT2D eigenvalue weighted by Crippen LogP contribution is -2.38. The van der Waals surface area contributed by atoms with E-state index in [1.807, 2.05) is 6.07 Å². The van der Waals surface area contributed by atoms with Crippen molar-refractivity contribution in [3.8, 4) is 0 Å². The Balaban J connectivity index is 1.82. The fraction of sp³-hybridized carbons (Fsp3) is 0.526. The number of amides is 1. The molecule has 0 bridgehead atoms. The molecule has 0 saturated heterocycles. The van der Waals surface area contributed by atoms with Crippen molar-refractivity contribution in [2.24, 2.45) is 16.8 Å². The monoisotopic (exact) mass is 377 g/mol. The summed E-state index contributed by atoms with van der Waals surface area (Å²) in [5, 5.41) is 16.4. The number of nitrogens with zero attached hydrogens (tertiary/aromatic N) is 1. The molecule has 1 aromatic carbocycles. The fourth-order valence-electron chi connectivity index (χ4n) is 2.83. The quantitative estimate of drug-likeness (QED) is 0.313. The molecule has 4 N–H and O–H groups in total. The zero-order chi connectivity index (χ0) is 20.0. The molecule has 1 unspecified atom stereocenters. The molecule has 1 saturated carbocycles. The van der Waals surface area contributed by atoms with Crippen LogP contribution in [0.2, 0.25) is 0 Å². The van der Waals surface area contributed by atoms with Crippen molar-refractivity contribution in [1.82, 2.24) is 5.32 Å². The van der Waals surface area contributed by atoms with Crippen LogP contribution in [0.25, 0.3) is 0 Å². The Morgan fingerprint density at radius 1 is 1.26 bits per heavy atom. The summed E-state index contributed by atoms with van der Waals surface area (Å²) in [6.07, 6.45) is -0.00541. The first-order valence-corrected chi connectivity index (χ1v) is 8.92. The van der Waals surface area contributed by atoms with Crippen molar-refractivity contribution in [1.29, 1.82) is 0 Å². The summed E-state index contributed by atoms with van der Waals surface area (Å²) in [7, 11) is 0. The number of alkyl carbamates (subject to hydrolysis) is 1. The number of carbonyl (C=O) groups excluding carboxylic acids is 2. The highest BCUT2D eigenvalue weighted by Crippen LogP contribution is 2.27. The third-order valence-electron chi connectivity index (χ3n) is 4.12. The fourth-order valence-corrected chi connectivity index (χ4v) is 2.83. The Labute approximate surface area is 158 Å². The van der Waals surface area contributed by atoms with Crippen molar-refractivity contribution in [2.75, 3.05) is 0 Å². The molecule has 2 rings (SSSR count). The Morgan fingerprint density at radius 3 is 2.56 bits per heavy atom. The van der Waals surface area contributed by atoms with Crippen LogP contribution in [0.4, 0.5) is 4.79 Å². The molecule has 0 heterocycles. The average molecular weight is 377 g/mol. The van der Waals surface area contributed by atoms with Gasteiger partial charge in [0.2, 0.25) is 0 Å². The van der Waals surface area contributed by atoms with Crippen LogP contribution in [-0.4, -0.2) is 34.6 Å². The minimum absolute atomic E-state index is 0.159. The molecule has 0 aromatic heterocycles. The molecular weight excluding hydrogens is 350 g/mol. The van der Waals surface area contributed by atoms with E-state index in [0.29, 0.717) is 24.8 Å². The zero-order valence-corrected chi connectivity index (χ0v) is 15.8. The number of benzene rings is 1. The van der Waals surface area contributed by atoms with Gasteiger partial charge in [-0.05, 0) is 45.6 Å². The number of rotatable bonds is 5. The molecule has 8 nitrogen and oxygen atoms in total. The molecule has 148 valence electrons. The highest BCUT2D eigenvalue weighted by Gasteiger charge is 2.33. The van der Waals surface area contributed by atoms with Gasteiger partial charge < -0.3 is 25.7 Å². The molecule has 3 atom stereocenters. The van der Waals surface area contributed by atoms with Crippen LogP contribution in [0.3, 0.4) is 0 Å². The molecular formula is C19H27N3O5. The van der Waals surface area contributed by atoms with Gasteiger partial charge in [-0.25, -0.2) is 9.59 Å². The minimum atomic E-state index is -1.15. The number of hydrogen-bond donors (Lipinski definition) is 3. The molecule has 8 heteroatoms. The van der Waals surface area contributed by atoms with E-state index >= 15 is 0 Å². The van der Waals surface area contributed by atoms with Crippen LogP contribution in [0.15, 0.2) is 35.5 Å². The van der Waals surface area contributed by atoms with E-state index in [-0.39, 0.29) is 11.9 Å². The zero-order valence-electron chi connectivity index (χ0n) is 15.8. The average Bonchev–Trinajstić information content (AvgIpc) is 3.06. The number of carbonyl (C=O) groups is 2. The van der Waals surface area contributed by atoms with Gasteiger partial charge in [0, 0.05) is 6.04 Å². The van der Waals surface area contributed by atoms with E-state index in [9.17, 15) is 14.7 Å². The summed E-state index contributed by atoms with van der Waals surface area (Å²) in [5.41, 5.74) is 5.67. The van der Waals surface area contributed by atoms with E-state index in [0.717, 1.165) is 0 Å². The predicted molar refractivity (Wildman–Crippen MR) is 99.6 cm³/mol. The Bertz CT molecular complexity index is 684. The van der Waals surface area contributed by atoms with Crippen molar-refractivity contribution in [3.05, 3.63) is 35.9 Å². The van der Waals surface area contributed by atoms with Crippen LogP contribution in [0.5, 0.6) is 0 Å². The number of oxime groups is 1. The Morgan fingerprint density at radius 2 is 1.93 bits per heavy atom. The largest absolute Gasteiger partial charge is 0.444 e. The molecule has 1 amide bonds. The van der Waals surface area contributed by atoms with Gasteiger partial charge in [-0.1, -0.05) is 35.5 Å². The molecule has 1 aromatic rings. The summed E-state index contributed by atoms with van der Waals surface area (Å²) in [4.78, 5) is 28.8. The molecule has 1 aliphatic carbocycles. The number of nitrogens with two attached hydrogens (primary N) is 1. The summed E-state index contributed by atoms with van der Waals surface area (Å²) in [6.45, 7) is 5.36. The first-order chi connectivity index (χ1) is 12.7. The lowest BCUT2D eigenvalue weighted by molar-refractivity contribution is -0.148. The van der Waals surface area contributed by atoms with Gasteiger partial charge in [0.05, 0.1) is 5.92 Å². The highest BCUT2D eigenvalue weighted by molar-refractivity contribution is 5.86. The lowest BCUT2D eigenvalue weighted by Gasteiger charge is -2.21. The van der Waals surface area contributed by atoms with E-state index in [2.05, 4.69) is 10.5 Å². The number of ether oxygens (including phenoxy) is 1. The van der Waals surface area contributed by atoms with Crippen LogP contribution in [0.1, 0.15) is 51.7 Å². The number of nitrogens with one attached hydrogen (secondary N) is 1. The first kappa shape index (κ1) is 20.7. The Kier molecular flexibility index (Phi) is 6.79. The number of hydrogen-bond acceptors (Lipinski definition) is 6. The summed E-state index contributed by atoms with van der Waals surface area (Å²) in [6, 6.07) is 8.55. The van der Waals surface area contributed by atoms with E-state index in [1.54, 1.807) is 45.0 Å². The third kappa shape index (κ3) is 6.56. The van der Waals surface area contributed by atoms with Crippen LogP contribution < -0.4 is 11.1 Å². The van der Waals surface area contributed by atoms with Crippen molar-refractivity contribution in [3.63, 3.8) is 0 Å². The van der Waals surface area contributed by atoms with Crippen LogP contribution in [0, 0.1) is 5.92 Å². The normalized spacial score (nSPS) is 21.4. The molecule has 0 aliphatic heterocycles. The van der Waals surface area contributed by atoms with Crippen LogP contribution >= 0.6 is 0 Å². The molecule has 0 spiro atoms. The van der Waals surface area contributed by atoms with E-state index in [4.69, 9.17) is 15.3 Å². The van der Waals surface area contributed by atoms with Gasteiger partial charge >= 0.3 is 12.1 Å². The van der Waals surface area contributed by atoms with Crippen molar-refractivity contribution in [2.45, 2.75) is 57.8 Å². The third-order valence-corrected chi connectivity index (χ3v) is 4.12. The second-order valence-electron chi connectivity index (χ2n) is 7.59. The summed E-state index contributed by atoms with van der Waals surface area (Å²) in [5.74, 6) is -1.13. The number of aliphatic hydroxyl groups is 1. The summed E-state index contributed by atoms with van der Waals surface area (Å²) >= 11 is 0. The minimum Gasteiger partial charge on any atom is -0.444 e. The van der Waals surface area contributed by atoms with E-state index < -0.39 is 29.7 Å². The predicted octanol–water partition coefficient (Wildman–Crippen LogP) is 2.23. The van der Waals surface area contributed by atoms with Crippen LogP contribution in [-0.2, 0) is 14.4 Å². The standard InChI is InChI=1S/C19H27N3O5/c1-19(2,3)26-18(25)21-14-10-9-13(11-14)17(24)27-22-16(20)15(23)12-7-5-4-6-8-12/h4-8,13-15,23H,9-11H2,1-3H3,(H2,20,22)(H,21,25)/t13-,14-,15?/m0/s1. The molecule has 1 fully saturated rings. The highest BCUT2D eigenvalue weighted by atomic mass is 16.7. The summed E-state index contributed by atoms with van der Waals surface area (Å²) < 4.78 is 5.21. The maximum atomic E-state index is 12.2. The SMILES string of the molecule is CC(C)(C)OC(=O)N[C@H]1CC[C@H](C(=O)ON=C(N)C(O)c2ccccc2)C1. The lowest BCUT2D eigenvalue weighted by atomic mass is 10.1. The van der Waals surface area contributed by atoms with Gasteiger partial charge in [-0.15, -0.1) is 0 Å². The molecule has 0 radical (unpaired) electrons. The second kappa shape index (κ2) is 8.85. The van der Waals surface area contributed by atoms with Crippen molar-refractivity contribution >= 4 is 17.9 Å². The van der Waals surface area contributed by atoms with Gasteiger partial charge in [0.1, 0.15) is 11.7 Å². The second-order valence-corrected chi connectivity index (χ2v) is 7.59. The maximum Gasteiger partial charge on any atom is 0.407 e. The topological polar surface area (TPSA) is 123 Å². The van der Waals surface area contributed by atoms with E-state index in [1.165, 1.54) is 0 Å². The number of amidine groups is 1. The van der Waals surface area contributed by atoms with Gasteiger partial charge in [0.15, 0.2) is 5.84 Å². The molecule has 27 heavy (non-hydrogen) atoms.